The molecule has 1 aromatic carbocycles. The Morgan fingerprint density at radius 3 is 2.47 bits per heavy atom. The Bertz CT molecular complexity index is 408. The monoisotopic (exact) mass is 243 g/mol. The summed E-state index contributed by atoms with van der Waals surface area (Å²) in [5.41, 5.74) is 0.860. The third kappa shape index (κ3) is 2.93. The van der Waals surface area contributed by atoms with Gasteiger partial charge in [-0.05, 0) is 50.3 Å². The first kappa shape index (κ1) is 12.3. The first-order valence-corrected chi connectivity index (χ1v) is 5.82. The summed E-state index contributed by atoms with van der Waals surface area (Å²) in [6.07, 6.45) is -1.93. The van der Waals surface area contributed by atoms with E-state index in [2.05, 4.69) is 5.32 Å². The van der Waals surface area contributed by atoms with Gasteiger partial charge in [0.25, 0.3) is 0 Å². The Labute approximate surface area is 99.0 Å². The van der Waals surface area contributed by atoms with Crippen LogP contribution < -0.4 is 5.32 Å². The maximum Gasteiger partial charge on any atom is 0.416 e. The van der Waals surface area contributed by atoms with Gasteiger partial charge in [0.1, 0.15) is 0 Å². The van der Waals surface area contributed by atoms with Crippen molar-refractivity contribution in [2.75, 3.05) is 5.32 Å². The molecule has 1 aliphatic carbocycles. The lowest BCUT2D eigenvalue weighted by molar-refractivity contribution is -0.137. The number of nitrogens with one attached hydrogen (secondary N) is 1. The molecule has 0 spiro atoms. The van der Waals surface area contributed by atoms with Crippen LogP contribution in [0.25, 0.3) is 0 Å². The number of alkyl halides is 3. The number of aryl methyl sites for hydroxylation is 1. The second-order valence-corrected chi connectivity index (χ2v) is 4.80. The van der Waals surface area contributed by atoms with Gasteiger partial charge in [0, 0.05) is 11.7 Å². The number of benzene rings is 1. The molecule has 0 amide bonds. The Balaban J connectivity index is 2.19. The van der Waals surface area contributed by atoms with E-state index in [-0.39, 0.29) is 6.04 Å². The summed E-state index contributed by atoms with van der Waals surface area (Å²) in [6.45, 7) is 3.85. The molecule has 1 aromatic rings. The molecule has 4 heteroatoms. The minimum atomic E-state index is -4.27. The van der Waals surface area contributed by atoms with Gasteiger partial charge in [0.05, 0.1) is 5.56 Å². The van der Waals surface area contributed by atoms with Crippen LogP contribution in [0.5, 0.6) is 0 Å². The van der Waals surface area contributed by atoms with Crippen molar-refractivity contribution in [3.05, 3.63) is 29.3 Å². The van der Waals surface area contributed by atoms with Crippen molar-refractivity contribution in [1.82, 2.24) is 0 Å². The van der Waals surface area contributed by atoms with Crippen LogP contribution in [0.15, 0.2) is 18.2 Å². The molecule has 1 unspecified atom stereocenters. The maximum absolute atomic E-state index is 12.6. The average Bonchev–Trinajstić information content (AvgIpc) is 3.02. The molecular formula is C13H16F3N. The van der Waals surface area contributed by atoms with Gasteiger partial charge in [-0.15, -0.1) is 0 Å². The minimum absolute atomic E-state index is 0.247. The highest BCUT2D eigenvalue weighted by Crippen LogP contribution is 2.36. The fraction of sp³-hybridized carbons (Fsp3) is 0.538. The van der Waals surface area contributed by atoms with Gasteiger partial charge in [-0.2, -0.15) is 13.2 Å². The van der Waals surface area contributed by atoms with Crippen molar-refractivity contribution >= 4 is 5.69 Å². The lowest BCUT2D eigenvalue weighted by Gasteiger charge is -2.18. The summed E-state index contributed by atoms with van der Waals surface area (Å²) in [6, 6.07) is 4.10. The minimum Gasteiger partial charge on any atom is -0.382 e. The molecule has 0 radical (unpaired) electrons. The molecule has 1 atom stereocenters. The SMILES string of the molecule is Cc1ccc(C(F)(F)F)cc1NC(C)C1CC1. The first-order valence-electron chi connectivity index (χ1n) is 5.82. The van der Waals surface area contributed by atoms with Crippen LogP contribution >= 0.6 is 0 Å². The van der Waals surface area contributed by atoms with Crippen molar-refractivity contribution in [3.8, 4) is 0 Å². The molecule has 2 rings (SSSR count). The highest BCUT2D eigenvalue weighted by molar-refractivity contribution is 5.54. The van der Waals surface area contributed by atoms with E-state index in [0.717, 1.165) is 11.6 Å². The van der Waals surface area contributed by atoms with E-state index in [1.807, 2.05) is 13.8 Å². The van der Waals surface area contributed by atoms with Gasteiger partial charge in [0.2, 0.25) is 0 Å². The highest BCUT2D eigenvalue weighted by atomic mass is 19.4. The predicted molar refractivity (Wildman–Crippen MR) is 62.0 cm³/mol. The van der Waals surface area contributed by atoms with Crippen LogP contribution in [-0.4, -0.2) is 6.04 Å². The van der Waals surface area contributed by atoms with Crippen LogP contribution in [0.4, 0.5) is 18.9 Å². The summed E-state index contributed by atoms with van der Waals surface area (Å²) in [5.74, 6) is 0.615. The zero-order chi connectivity index (χ0) is 12.6. The standard InChI is InChI=1S/C13H16F3N/c1-8-3-6-11(13(14,15)16)7-12(8)17-9(2)10-4-5-10/h3,6-7,9-10,17H,4-5H2,1-2H3. The topological polar surface area (TPSA) is 12.0 Å². The van der Waals surface area contributed by atoms with E-state index in [9.17, 15) is 13.2 Å². The summed E-state index contributed by atoms with van der Waals surface area (Å²) in [7, 11) is 0. The number of hydrogen-bond donors (Lipinski definition) is 1. The maximum atomic E-state index is 12.6. The summed E-state index contributed by atoms with van der Waals surface area (Å²) in [4.78, 5) is 0. The van der Waals surface area contributed by atoms with Crippen LogP contribution in [-0.2, 0) is 6.18 Å². The second-order valence-electron chi connectivity index (χ2n) is 4.80. The van der Waals surface area contributed by atoms with Crippen molar-refractivity contribution in [1.29, 1.82) is 0 Å². The smallest absolute Gasteiger partial charge is 0.382 e. The molecule has 0 aromatic heterocycles. The summed E-state index contributed by atoms with van der Waals surface area (Å²) >= 11 is 0. The average molecular weight is 243 g/mol. The lowest BCUT2D eigenvalue weighted by Crippen LogP contribution is -2.18. The van der Waals surface area contributed by atoms with E-state index >= 15 is 0 Å². The first-order chi connectivity index (χ1) is 7.88. The molecule has 0 saturated heterocycles. The highest BCUT2D eigenvalue weighted by Gasteiger charge is 2.32. The summed E-state index contributed by atoms with van der Waals surface area (Å²) < 4.78 is 37.7. The molecular weight excluding hydrogens is 227 g/mol. The molecule has 17 heavy (non-hydrogen) atoms. The molecule has 1 saturated carbocycles. The van der Waals surface area contributed by atoms with Gasteiger partial charge in [-0.3, -0.25) is 0 Å². The molecule has 0 bridgehead atoms. The van der Waals surface area contributed by atoms with Gasteiger partial charge in [0.15, 0.2) is 0 Å². The molecule has 1 nitrogen and oxygen atoms in total. The van der Waals surface area contributed by atoms with Crippen molar-refractivity contribution < 1.29 is 13.2 Å². The number of hydrogen-bond acceptors (Lipinski definition) is 1. The van der Waals surface area contributed by atoms with Crippen LogP contribution in [0.1, 0.15) is 30.9 Å². The van der Waals surface area contributed by atoms with E-state index in [1.165, 1.54) is 25.0 Å². The molecule has 94 valence electrons. The Morgan fingerprint density at radius 2 is 1.94 bits per heavy atom. The second kappa shape index (κ2) is 4.24. The van der Waals surface area contributed by atoms with Crippen molar-refractivity contribution in [3.63, 3.8) is 0 Å². The number of halogens is 3. The van der Waals surface area contributed by atoms with Crippen molar-refractivity contribution in [2.45, 2.75) is 38.9 Å². The molecule has 1 aliphatic rings. The third-order valence-electron chi connectivity index (χ3n) is 3.28. The van der Waals surface area contributed by atoms with E-state index in [4.69, 9.17) is 0 Å². The normalized spacial score (nSPS) is 17.9. The van der Waals surface area contributed by atoms with E-state index in [0.29, 0.717) is 11.6 Å². The molecule has 1 N–H and O–H groups in total. The van der Waals surface area contributed by atoms with Crippen LogP contribution in [0, 0.1) is 12.8 Å². The Kier molecular flexibility index (Phi) is 3.06. The number of anilines is 1. The van der Waals surface area contributed by atoms with Gasteiger partial charge in [-0.1, -0.05) is 6.07 Å². The van der Waals surface area contributed by atoms with E-state index in [1.54, 1.807) is 0 Å². The van der Waals surface area contributed by atoms with E-state index < -0.39 is 11.7 Å². The van der Waals surface area contributed by atoms with Crippen molar-refractivity contribution in [2.24, 2.45) is 5.92 Å². The molecule has 1 fully saturated rings. The fourth-order valence-corrected chi connectivity index (χ4v) is 1.91. The van der Waals surface area contributed by atoms with Crippen LogP contribution in [0.3, 0.4) is 0 Å². The van der Waals surface area contributed by atoms with Crippen LogP contribution in [0.2, 0.25) is 0 Å². The number of rotatable bonds is 3. The zero-order valence-corrected chi connectivity index (χ0v) is 9.93. The molecule has 0 heterocycles. The van der Waals surface area contributed by atoms with Gasteiger partial charge in [-0.25, -0.2) is 0 Å². The lowest BCUT2D eigenvalue weighted by atomic mass is 10.1. The molecule has 0 aliphatic heterocycles. The fourth-order valence-electron chi connectivity index (χ4n) is 1.91. The van der Waals surface area contributed by atoms with Gasteiger partial charge < -0.3 is 5.32 Å². The van der Waals surface area contributed by atoms with Gasteiger partial charge >= 0.3 is 6.18 Å². The predicted octanol–water partition coefficient (Wildman–Crippen LogP) is 4.22. The largest absolute Gasteiger partial charge is 0.416 e. The quantitative estimate of drug-likeness (QED) is 0.837. The zero-order valence-electron chi connectivity index (χ0n) is 9.93. The third-order valence-corrected chi connectivity index (χ3v) is 3.28. The Morgan fingerprint density at radius 1 is 1.29 bits per heavy atom. The Hall–Kier alpha value is -1.19. The summed E-state index contributed by atoms with van der Waals surface area (Å²) in [5, 5.41) is 3.18.